The summed E-state index contributed by atoms with van der Waals surface area (Å²) in [4.78, 5) is 7.09. The number of aromatic nitrogens is 1. The summed E-state index contributed by atoms with van der Waals surface area (Å²) in [5.41, 5.74) is 1.26. The van der Waals surface area contributed by atoms with E-state index in [2.05, 4.69) is 54.7 Å². The van der Waals surface area contributed by atoms with Gasteiger partial charge in [0.2, 0.25) is 0 Å². The SMILES string of the molecule is Cc1cc(Br)cnc1N1CCCCC1CCBr. The number of aryl methyl sites for hydroxylation is 1. The van der Waals surface area contributed by atoms with Crippen molar-refractivity contribution >= 4 is 37.7 Å². The Morgan fingerprint density at radius 3 is 3.00 bits per heavy atom. The van der Waals surface area contributed by atoms with Crippen molar-refractivity contribution in [2.45, 2.75) is 38.6 Å². The molecule has 0 aromatic carbocycles. The molecule has 4 heteroatoms. The van der Waals surface area contributed by atoms with Crippen molar-refractivity contribution in [3.63, 3.8) is 0 Å². The van der Waals surface area contributed by atoms with Crippen molar-refractivity contribution in [2.75, 3.05) is 16.8 Å². The van der Waals surface area contributed by atoms with Crippen LogP contribution in [-0.2, 0) is 0 Å². The number of piperidine rings is 1. The summed E-state index contributed by atoms with van der Waals surface area (Å²) < 4.78 is 1.06. The first-order chi connectivity index (χ1) is 8.22. The summed E-state index contributed by atoms with van der Waals surface area (Å²) in [6.07, 6.45) is 7.04. The maximum Gasteiger partial charge on any atom is 0.131 e. The topological polar surface area (TPSA) is 16.1 Å². The van der Waals surface area contributed by atoms with Gasteiger partial charge in [-0.3, -0.25) is 0 Å². The van der Waals surface area contributed by atoms with E-state index in [1.807, 2.05) is 6.20 Å². The first-order valence-electron chi connectivity index (χ1n) is 6.17. The van der Waals surface area contributed by atoms with Gasteiger partial charge in [0.25, 0.3) is 0 Å². The van der Waals surface area contributed by atoms with Crippen LogP contribution in [0.3, 0.4) is 0 Å². The van der Waals surface area contributed by atoms with Gasteiger partial charge in [0.15, 0.2) is 0 Å². The van der Waals surface area contributed by atoms with Crippen molar-refractivity contribution in [3.05, 3.63) is 22.3 Å². The molecule has 0 N–H and O–H groups in total. The lowest BCUT2D eigenvalue weighted by atomic mass is 9.99. The highest BCUT2D eigenvalue weighted by atomic mass is 79.9. The standard InChI is InChI=1S/C13H18Br2N2/c1-10-8-11(15)9-16-13(10)17-7-3-2-4-12(17)5-6-14/h8-9,12H,2-7H2,1H3. The maximum absolute atomic E-state index is 4.60. The Kier molecular flexibility index (Phi) is 4.86. The fourth-order valence-corrected chi connectivity index (χ4v) is 3.51. The van der Waals surface area contributed by atoms with E-state index in [4.69, 9.17) is 0 Å². The predicted octanol–water partition coefficient (Wildman–Crippen LogP) is 4.30. The van der Waals surface area contributed by atoms with Gasteiger partial charge >= 0.3 is 0 Å². The van der Waals surface area contributed by atoms with Gasteiger partial charge in [-0.15, -0.1) is 0 Å². The molecular weight excluding hydrogens is 344 g/mol. The molecule has 94 valence electrons. The average Bonchev–Trinajstić information content (AvgIpc) is 2.31. The fourth-order valence-electron chi connectivity index (χ4n) is 2.54. The Morgan fingerprint density at radius 1 is 1.47 bits per heavy atom. The van der Waals surface area contributed by atoms with Crippen LogP contribution in [0.25, 0.3) is 0 Å². The monoisotopic (exact) mass is 360 g/mol. The summed E-state index contributed by atoms with van der Waals surface area (Å²) in [6, 6.07) is 2.80. The lowest BCUT2D eigenvalue weighted by Gasteiger charge is -2.37. The molecule has 1 atom stereocenters. The van der Waals surface area contributed by atoms with Gasteiger partial charge in [-0.25, -0.2) is 4.98 Å². The van der Waals surface area contributed by atoms with Crippen LogP contribution < -0.4 is 4.90 Å². The number of hydrogen-bond donors (Lipinski definition) is 0. The Hall–Kier alpha value is -0.0900. The van der Waals surface area contributed by atoms with E-state index < -0.39 is 0 Å². The van der Waals surface area contributed by atoms with E-state index in [1.54, 1.807) is 0 Å². The number of anilines is 1. The predicted molar refractivity (Wildman–Crippen MR) is 80.1 cm³/mol. The van der Waals surface area contributed by atoms with Crippen LogP contribution in [-0.4, -0.2) is 22.9 Å². The number of hydrogen-bond acceptors (Lipinski definition) is 2. The van der Waals surface area contributed by atoms with Crippen LogP contribution in [0.15, 0.2) is 16.7 Å². The Morgan fingerprint density at radius 2 is 2.29 bits per heavy atom. The van der Waals surface area contributed by atoms with Gasteiger partial charge in [0.1, 0.15) is 5.82 Å². The molecule has 1 aromatic heterocycles. The lowest BCUT2D eigenvalue weighted by Crippen LogP contribution is -2.40. The molecule has 0 amide bonds. The third-order valence-corrected chi connectivity index (χ3v) is 4.25. The third kappa shape index (κ3) is 3.22. The molecule has 1 aromatic rings. The van der Waals surface area contributed by atoms with Crippen molar-refractivity contribution < 1.29 is 0 Å². The molecule has 0 saturated carbocycles. The van der Waals surface area contributed by atoms with Crippen LogP contribution in [0.1, 0.15) is 31.2 Å². The molecule has 0 radical (unpaired) electrons. The first kappa shape index (κ1) is 13.3. The van der Waals surface area contributed by atoms with Crippen LogP contribution in [0.2, 0.25) is 0 Å². The highest BCUT2D eigenvalue weighted by Crippen LogP contribution is 2.28. The van der Waals surface area contributed by atoms with Gasteiger partial charge in [-0.1, -0.05) is 15.9 Å². The van der Waals surface area contributed by atoms with Crippen molar-refractivity contribution in [2.24, 2.45) is 0 Å². The lowest BCUT2D eigenvalue weighted by molar-refractivity contribution is 0.449. The number of nitrogens with zero attached hydrogens (tertiary/aromatic N) is 2. The van der Waals surface area contributed by atoms with Crippen LogP contribution in [0, 0.1) is 6.92 Å². The smallest absolute Gasteiger partial charge is 0.131 e. The molecule has 0 spiro atoms. The maximum atomic E-state index is 4.60. The molecule has 1 aliphatic heterocycles. The van der Waals surface area contributed by atoms with Gasteiger partial charge < -0.3 is 4.90 Å². The molecule has 2 rings (SSSR count). The molecule has 2 nitrogen and oxygen atoms in total. The second kappa shape index (κ2) is 6.19. The van der Waals surface area contributed by atoms with Crippen LogP contribution in [0.4, 0.5) is 5.82 Å². The summed E-state index contributed by atoms with van der Waals surface area (Å²) in [7, 11) is 0. The molecule has 1 unspecified atom stereocenters. The van der Waals surface area contributed by atoms with E-state index >= 15 is 0 Å². The highest BCUT2D eigenvalue weighted by molar-refractivity contribution is 9.10. The molecular formula is C13H18Br2N2. The molecule has 0 bridgehead atoms. The van der Waals surface area contributed by atoms with Gasteiger partial charge in [-0.2, -0.15) is 0 Å². The van der Waals surface area contributed by atoms with E-state index in [1.165, 1.54) is 37.1 Å². The van der Waals surface area contributed by atoms with Crippen molar-refractivity contribution in [3.8, 4) is 0 Å². The van der Waals surface area contributed by atoms with Crippen LogP contribution >= 0.6 is 31.9 Å². The van der Waals surface area contributed by atoms with E-state index in [0.717, 1.165) is 16.3 Å². The van der Waals surface area contributed by atoms with Gasteiger partial charge in [0.05, 0.1) is 0 Å². The minimum Gasteiger partial charge on any atom is -0.353 e. The third-order valence-electron chi connectivity index (χ3n) is 3.36. The molecule has 1 fully saturated rings. The van der Waals surface area contributed by atoms with E-state index in [-0.39, 0.29) is 0 Å². The van der Waals surface area contributed by atoms with Crippen molar-refractivity contribution in [1.29, 1.82) is 0 Å². The average molecular weight is 362 g/mol. The largest absolute Gasteiger partial charge is 0.353 e. The summed E-state index contributed by atoms with van der Waals surface area (Å²) in [5, 5.41) is 1.07. The van der Waals surface area contributed by atoms with E-state index in [9.17, 15) is 0 Å². The number of alkyl halides is 1. The molecule has 2 heterocycles. The minimum atomic E-state index is 0.649. The first-order valence-corrected chi connectivity index (χ1v) is 8.08. The number of halogens is 2. The zero-order chi connectivity index (χ0) is 12.3. The van der Waals surface area contributed by atoms with Gasteiger partial charge in [-0.05, 0) is 60.2 Å². The second-order valence-corrected chi connectivity index (χ2v) is 6.32. The Labute approximate surface area is 120 Å². The van der Waals surface area contributed by atoms with E-state index in [0.29, 0.717) is 6.04 Å². The summed E-state index contributed by atoms with van der Waals surface area (Å²) >= 11 is 7.04. The number of pyridine rings is 1. The number of rotatable bonds is 3. The van der Waals surface area contributed by atoms with Gasteiger partial charge in [0, 0.05) is 28.6 Å². The fraction of sp³-hybridized carbons (Fsp3) is 0.615. The van der Waals surface area contributed by atoms with Crippen molar-refractivity contribution in [1.82, 2.24) is 4.98 Å². The summed E-state index contributed by atoms with van der Waals surface area (Å²) in [6.45, 7) is 3.29. The Balaban J connectivity index is 2.23. The molecule has 1 saturated heterocycles. The molecule has 17 heavy (non-hydrogen) atoms. The Bertz CT molecular complexity index is 380. The highest BCUT2D eigenvalue weighted by Gasteiger charge is 2.23. The van der Waals surface area contributed by atoms with Crippen LogP contribution in [0.5, 0.6) is 0 Å². The zero-order valence-corrected chi connectivity index (χ0v) is 13.3. The molecule has 0 aliphatic carbocycles. The molecule has 1 aliphatic rings. The quantitative estimate of drug-likeness (QED) is 0.746. The second-order valence-electron chi connectivity index (χ2n) is 4.61. The summed E-state index contributed by atoms with van der Waals surface area (Å²) in [5.74, 6) is 1.17. The normalized spacial score (nSPS) is 20.6. The minimum absolute atomic E-state index is 0.649. The zero-order valence-electron chi connectivity index (χ0n) is 10.1.